The van der Waals surface area contributed by atoms with Crippen LogP contribution in [0.5, 0.6) is 0 Å². The van der Waals surface area contributed by atoms with Crippen LogP contribution in [0.4, 0.5) is 0 Å². The molecule has 3 nitrogen and oxygen atoms in total. The van der Waals surface area contributed by atoms with E-state index in [0.29, 0.717) is 0 Å². The standard InChI is InChI=1S/C23H20N3/c1-17-10-11-18-15-20-9-6-12-25(20)16-21(18)22(17)23-24(2)13-14-26(23)19-7-4-3-5-8-19/h3-16H,1-2H3/q+1. The van der Waals surface area contributed by atoms with E-state index in [1.54, 1.807) is 0 Å². The molecule has 0 aliphatic heterocycles. The molecule has 0 saturated carbocycles. The van der Waals surface area contributed by atoms with Gasteiger partial charge in [-0.05, 0) is 48.2 Å². The van der Waals surface area contributed by atoms with E-state index in [4.69, 9.17) is 0 Å². The van der Waals surface area contributed by atoms with Crippen molar-refractivity contribution in [2.75, 3.05) is 0 Å². The fourth-order valence-electron chi connectivity index (χ4n) is 3.82. The van der Waals surface area contributed by atoms with Crippen molar-refractivity contribution < 1.29 is 4.57 Å². The highest BCUT2D eigenvalue weighted by molar-refractivity contribution is 5.97. The van der Waals surface area contributed by atoms with E-state index < -0.39 is 0 Å². The van der Waals surface area contributed by atoms with Gasteiger partial charge < -0.3 is 4.40 Å². The van der Waals surface area contributed by atoms with Crippen molar-refractivity contribution >= 4 is 16.3 Å². The number of aryl methyl sites for hydroxylation is 2. The summed E-state index contributed by atoms with van der Waals surface area (Å²) >= 11 is 0. The molecule has 0 saturated heterocycles. The van der Waals surface area contributed by atoms with Crippen molar-refractivity contribution in [3.05, 3.63) is 91.0 Å². The zero-order valence-corrected chi connectivity index (χ0v) is 14.9. The summed E-state index contributed by atoms with van der Waals surface area (Å²) in [5.74, 6) is 1.19. The fraction of sp³-hybridized carbons (Fsp3) is 0.0870. The Hall–Kier alpha value is -3.33. The molecule has 26 heavy (non-hydrogen) atoms. The Kier molecular flexibility index (Phi) is 3.22. The number of hydrogen-bond donors (Lipinski definition) is 0. The molecule has 0 aliphatic rings. The summed E-state index contributed by atoms with van der Waals surface area (Å²) in [5.41, 5.74) is 4.93. The maximum absolute atomic E-state index is 2.27. The third-order valence-electron chi connectivity index (χ3n) is 5.13. The molecule has 0 fully saturated rings. The van der Waals surface area contributed by atoms with Crippen molar-refractivity contribution in [3.63, 3.8) is 0 Å². The number of aromatic nitrogens is 3. The van der Waals surface area contributed by atoms with E-state index in [1.165, 1.54) is 38.9 Å². The van der Waals surface area contributed by atoms with Crippen molar-refractivity contribution in [1.29, 1.82) is 0 Å². The quantitative estimate of drug-likeness (QED) is 0.415. The van der Waals surface area contributed by atoms with Gasteiger partial charge in [0.05, 0.1) is 12.6 Å². The van der Waals surface area contributed by atoms with Gasteiger partial charge in [-0.1, -0.05) is 30.3 Å². The van der Waals surface area contributed by atoms with Crippen LogP contribution in [0.1, 0.15) is 5.56 Å². The largest absolute Gasteiger partial charge is 0.323 e. The van der Waals surface area contributed by atoms with Crippen LogP contribution in [0.25, 0.3) is 33.4 Å². The highest BCUT2D eigenvalue weighted by Gasteiger charge is 2.23. The molecule has 0 spiro atoms. The predicted molar refractivity (Wildman–Crippen MR) is 106 cm³/mol. The van der Waals surface area contributed by atoms with E-state index in [-0.39, 0.29) is 0 Å². The molecule has 0 radical (unpaired) electrons. The molecule has 0 amide bonds. The molecule has 0 aliphatic carbocycles. The lowest BCUT2D eigenvalue weighted by molar-refractivity contribution is -0.659. The number of benzene rings is 2. The van der Waals surface area contributed by atoms with Crippen molar-refractivity contribution in [3.8, 4) is 17.1 Å². The Balaban J connectivity index is 1.88. The van der Waals surface area contributed by atoms with Crippen LogP contribution in [-0.2, 0) is 7.05 Å². The number of para-hydroxylation sites is 1. The van der Waals surface area contributed by atoms with Gasteiger partial charge >= 0.3 is 0 Å². The molecule has 5 aromatic rings. The number of hydrogen-bond acceptors (Lipinski definition) is 0. The van der Waals surface area contributed by atoms with E-state index in [9.17, 15) is 0 Å². The number of fused-ring (bicyclic) bond motifs is 2. The Morgan fingerprint density at radius 3 is 2.58 bits per heavy atom. The van der Waals surface area contributed by atoms with Crippen molar-refractivity contribution in [2.45, 2.75) is 6.92 Å². The Bertz CT molecular complexity index is 1240. The minimum absolute atomic E-state index is 1.17. The van der Waals surface area contributed by atoms with Crippen LogP contribution in [0, 0.1) is 6.92 Å². The first kappa shape index (κ1) is 15.0. The molecule has 3 heterocycles. The third kappa shape index (κ3) is 2.17. The predicted octanol–water partition coefficient (Wildman–Crippen LogP) is 4.68. The van der Waals surface area contributed by atoms with Crippen molar-refractivity contribution in [1.82, 2.24) is 8.97 Å². The minimum Gasteiger partial charge on any atom is -0.323 e. The van der Waals surface area contributed by atoms with Gasteiger partial charge in [0, 0.05) is 23.3 Å². The average molecular weight is 338 g/mol. The molecule has 0 N–H and O–H groups in total. The summed E-state index contributed by atoms with van der Waals surface area (Å²) < 4.78 is 6.66. The van der Waals surface area contributed by atoms with Crippen LogP contribution in [0.15, 0.2) is 85.5 Å². The SMILES string of the molecule is Cc1ccc2cc3cccn3cc2c1-c1n(-c2ccccc2)cc[n+]1C. The first-order valence-corrected chi connectivity index (χ1v) is 8.85. The van der Waals surface area contributed by atoms with E-state index >= 15 is 0 Å². The topological polar surface area (TPSA) is 13.2 Å². The number of imidazole rings is 1. The number of nitrogens with zero attached hydrogens (tertiary/aromatic N) is 3. The van der Waals surface area contributed by atoms with Crippen LogP contribution >= 0.6 is 0 Å². The molecule has 2 aromatic carbocycles. The van der Waals surface area contributed by atoms with Gasteiger partial charge in [-0.15, -0.1) is 0 Å². The minimum atomic E-state index is 1.17. The molecule has 0 atom stereocenters. The molecule has 126 valence electrons. The Morgan fingerprint density at radius 1 is 0.885 bits per heavy atom. The Labute approximate surface area is 152 Å². The molecule has 3 aromatic heterocycles. The second-order valence-corrected chi connectivity index (χ2v) is 6.81. The van der Waals surface area contributed by atoms with E-state index in [0.717, 1.165) is 0 Å². The first-order chi connectivity index (χ1) is 12.7. The summed E-state index contributed by atoms with van der Waals surface area (Å²) in [6, 6.07) is 21.4. The molecule has 5 rings (SSSR count). The fourth-order valence-corrected chi connectivity index (χ4v) is 3.82. The monoisotopic (exact) mass is 338 g/mol. The summed E-state index contributed by atoms with van der Waals surface area (Å²) in [4.78, 5) is 0. The summed E-state index contributed by atoms with van der Waals surface area (Å²) in [6.45, 7) is 2.19. The molecule has 0 unspecified atom stereocenters. The van der Waals surface area contributed by atoms with Crippen LogP contribution in [-0.4, -0.2) is 8.97 Å². The van der Waals surface area contributed by atoms with E-state index in [2.05, 4.69) is 113 Å². The lowest BCUT2D eigenvalue weighted by Crippen LogP contribution is -2.29. The van der Waals surface area contributed by atoms with Gasteiger partial charge in [0.1, 0.15) is 18.1 Å². The Morgan fingerprint density at radius 2 is 1.73 bits per heavy atom. The second kappa shape index (κ2) is 5.60. The number of rotatable bonds is 2. The lowest BCUT2D eigenvalue weighted by atomic mass is 10.00. The molecular weight excluding hydrogens is 318 g/mol. The van der Waals surface area contributed by atoms with Crippen LogP contribution < -0.4 is 4.57 Å². The lowest BCUT2D eigenvalue weighted by Gasteiger charge is -2.11. The second-order valence-electron chi connectivity index (χ2n) is 6.81. The van der Waals surface area contributed by atoms with Gasteiger partial charge in [0.15, 0.2) is 0 Å². The van der Waals surface area contributed by atoms with E-state index in [1.807, 2.05) is 0 Å². The molecular formula is C23H20N3+. The normalized spacial score (nSPS) is 11.5. The zero-order valence-electron chi connectivity index (χ0n) is 14.9. The summed E-state index contributed by atoms with van der Waals surface area (Å²) in [6.07, 6.45) is 8.61. The van der Waals surface area contributed by atoms with Gasteiger partial charge in [-0.3, -0.25) is 0 Å². The van der Waals surface area contributed by atoms with Gasteiger partial charge in [0.25, 0.3) is 5.82 Å². The highest BCUT2D eigenvalue weighted by atomic mass is 15.1. The summed E-state index contributed by atoms with van der Waals surface area (Å²) in [5, 5.41) is 2.53. The zero-order chi connectivity index (χ0) is 17.7. The smallest absolute Gasteiger partial charge is 0.294 e. The maximum atomic E-state index is 2.27. The van der Waals surface area contributed by atoms with Gasteiger partial charge in [0.2, 0.25) is 0 Å². The highest BCUT2D eigenvalue weighted by Crippen LogP contribution is 2.32. The van der Waals surface area contributed by atoms with Gasteiger partial charge in [-0.25, -0.2) is 4.57 Å². The number of pyridine rings is 1. The average Bonchev–Trinajstić information content (AvgIpc) is 3.27. The summed E-state index contributed by atoms with van der Waals surface area (Å²) in [7, 11) is 2.11. The molecule has 3 heteroatoms. The molecule has 0 bridgehead atoms. The third-order valence-corrected chi connectivity index (χ3v) is 5.13. The van der Waals surface area contributed by atoms with Crippen LogP contribution in [0.2, 0.25) is 0 Å². The first-order valence-electron chi connectivity index (χ1n) is 8.85. The maximum Gasteiger partial charge on any atom is 0.294 e. The van der Waals surface area contributed by atoms with Gasteiger partial charge in [-0.2, -0.15) is 4.57 Å². The van der Waals surface area contributed by atoms with Crippen molar-refractivity contribution in [2.24, 2.45) is 7.05 Å². The van der Waals surface area contributed by atoms with Crippen LogP contribution in [0.3, 0.4) is 0 Å².